The fourth-order valence-corrected chi connectivity index (χ4v) is 10.6. The Morgan fingerprint density at radius 2 is 0.677 bits per heavy atom. The Morgan fingerprint density at radius 3 is 0.978 bits per heavy atom. The minimum atomic E-state index is -6.89. The van der Waals surface area contributed by atoms with Gasteiger partial charge in [-0.2, -0.15) is 67.4 Å². The molecular weight excluding hydrogens is 1300 g/mol. The molecule has 93 heavy (non-hydrogen) atoms. The monoisotopic (exact) mass is 1390 g/mol. The third kappa shape index (κ3) is 32.9. The van der Waals surface area contributed by atoms with Gasteiger partial charge in [0.15, 0.2) is 0 Å². The highest BCUT2D eigenvalue weighted by Gasteiger charge is 2.76. The topological polar surface area (TPSA) is 233 Å². The number of aromatic nitrogens is 3. The first-order valence-corrected chi connectivity index (χ1v) is 33.1. The zero-order valence-electron chi connectivity index (χ0n) is 53.4. The summed E-state index contributed by atoms with van der Waals surface area (Å²) in [5.74, 6) is -20.6. The molecule has 0 atom stereocenters. The van der Waals surface area contributed by atoms with Gasteiger partial charge in [-0.3, -0.25) is 9.59 Å². The summed E-state index contributed by atoms with van der Waals surface area (Å²) in [5, 5.41) is 0. The van der Waals surface area contributed by atoms with Crippen molar-refractivity contribution in [2.45, 2.75) is 212 Å². The smallest absolute Gasteiger partial charge is 0.430 e. The highest BCUT2D eigenvalue weighted by molar-refractivity contribution is 7.99. The van der Waals surface area contributed by atoms with E-state index < -0.39 is 125 Å². The molecule has 0 bridgehead atoms. The Bertz CT molecular complexity index is 2530. The molecular formula is C62H91F10N3O16S2. The number of nitrogens with zero attached hydrogens (tertiary/aromatic N) is 3. The first-order chi connectivity index (χ1) is 43.6. The summed E-state index contributed by atoms with van der Waals surface area (Å²) in [6.45, 7) is 11.4. The van der Waals surface area contributed by atoms with E-state index in [9.17, 15) is 78.3 Å². The molecule has 31 heteroatoms. The first-order valence-electron chi connectivity index (χ1n) is 30.8. The number of hydrogen-bond acceptors (Lipinski definition) is 18. The number of esters is 6. The van der Waals surface area contributed by atoms with Crippen LogP contribution in [0.25, 0.3) is 0 Å². The van der Waals surface area contributed by atoms with Gasteiger partial charge < -0.3 is 28.4 Å². The lowest BCUT2D eigenvalue weighted by Gasteiger charge is -2.34. The van der Waals surface area contributed by atoms with Crippen molar-refractivity contribution in [3.05, 3.63) is 82.1 Å². The summed E-state index contributed by atoms with van der Waals surface area (Å²) in [6.07, 6.45) is 5.37. The van der Waals surface area contributed by atoms with E-state index >= 15 is 8.78 Å². The van der Waals surface area contributed by atoms with Gasteiger partial charge in [0, 0.05) is 55.1 Å². The number of thioether (sulfide) groups is 2. The maximum absolute atomic E-state index is 15.2. The average Bonchev–Trinajstić information content (AvgIpc) is 0.757. The van der Waals surface area contributed by atoms with Crippen molar-refractivity contribution in [1.29, 1.82) is 0 Å². The summed E-state index contributed by atoms with van der Waals surface area (Å²) >= 11 is 2.83. The molecule has 0 aromatic carbocycles. The Labute approximate surface area is 544 Å². The average molecular weight is 1390 g/mol. The molecule has 0 N–H and O–H groups in total. The van der Waals surface area contributed by atoms with E-state index in [1.54, 1.807) is 13.8 Å². The van der Waals surface area contributed by atoms with Crippen LogP contribution in [0.3, 0.4) is 0 Å². The standard InChI is InChI=1S/C62H91F10N3O16S2/c1-8-47(76)87-43-56(5,44-88-48(77)9-2)40-51(80)85-34-26-22-18-14-12-16-20-24-28-36-92-38-30-32-73-53(82)74(55(84)75(54(73)83)42-59(65,66)61(69,70)91-62(71,72)60(67,68)58(7,63)64)33-31-39-93-37-29-25-21-17-13-15-19-23-27-35-86-52(81)41-57(6,45-89-49(78)10-3)46-90-50(79)11-4/h8-11H,1-4,12-46H2,5-7H3. The van der Waals surface area contributed by atoms with E-state index in [-0.39, 0.29) is 65.3 Å². The zero-order chi connectivity index (χ0) is 70.4. The van der Waals surface area contributed by atoms with Gasteiger partial charge >= 0.3 is 82.9 Å². The predicted molar refractivity (Wildman–Crippen MR) is 330 cm³/mol. The van der Waals surface area contributed by atoms with Crippen molar-refractivity contribution < 1.29 is 106 Å². The van der Waals surface area contributed by atoms with Gasteiger partial charge in [-0.1, -0.05) is 130 Å². The third-order valence-corrected chi connectivity index (χ3v) is 16.4. The molecule has 19 nitrogen and oxygen atoms in total. The summed E-state index contributed by atoms with van der Waals surface area (Å²) in [5.41, 5.74) is -7.07. The van der Waals surface area contributed by atoms with Gasteiger partial charge in [0.05, 0.1) is 26.1 Å². The highest BCUT2D eigenvalue weighted by Crippen LogP contribution is 2.50. The van der Waals surface area contributed by atoms with Crippen molar-refractivity contribution in [2.75, 3.05) is 62.7 Å². The van der Waals surface area contributed by atoms with E-state index in [1.165, 1.54) is 23.5 Å². The van der Waals surface area contributed by atoms with E-state index in [1.807, 2.05) is 0 Å². The van der Waals surface area contributed by atoms with E-state index in [4.69, 9.17) is 28.4 Å². The van der Waals surface area contributed by atoms with Crippen LogP contribution in [0.15, 0.2) is 65.0 Å². The summed E-state index contributed by atoms with van der Waals surface area (Å²) in [4.78, 5) is 112. The molecule has 1 aromatic rings. The number of hydrogen-bond donors (Lipinski definition) is 0. The molecule has 0 aliphatic carbocycles. The molecule has 0 amide bonds. The van der Waals surface area contributed by atoms with Crippen LogP contribution in [0.2, 0.25) is 0 Å². The second kappa shape index (κ2) is 43.3. The lowest BCUT2D eigenvalue weighted by atomic mass is 9.88. The molecule has 0 unspecified atom stereocenters. The molecule has 0 spiro atoms. The van der Waals surface area contributed by atoms with Crippen LogP contribution in [0.4, 0.5) is 43.9 Å². The van der Waals surface area contributed by atoms with Crippen LogP contribution >= 0.6 is 23.5 Å². The van der Waals surface area contributed by atoms with E-state index in [0.29, 0.717) is 45.0 Å². The molecule has 0 aliphatic heterocycles. The SMILES string of the molecule is C=CC(=O)OCC(C)(COC(=O)C=C)CC(=O)OCCCCCCCCCCCSCCCn1c(=O)n(CCCSCCCCCCCCCCCOC(=O)CC(C)(COC(=O)C=C)COC(=O)C=C)c(=O)n(CC(F)(F)C(F)(F)OC(F)(F)C(F)(F)C(C)(F)F)c1=O. The largest absolute Gasteiger partial charge is 0.466 e. The Morgan fingerprint density at radius 1 is 0.398 bits per heavy atom. The van der Waals surface area contributed by atoms with Gasteiger partial charge in [-0.25, -0.2) is 52.0 Å². The quantitative estimate of drug-likeness (QED) is 0.0194. The highest BCUT2D eigenvalue weighted by atomic mass is 32.2. The molecule has 1 rings (SSSR count). The number of carbonyl (C=O) groups is 6. The van der Waals surface area contributed by atoms with Crippen LogP contribution in [0.1, 0.15) is 162 Å². The van der Waals surface area contributed by atoms with Crippen LogP contribution in [-0.2, 0) is 81.6 Å². The summed E-state index contributed by atoms with van der Waals surface area (Å²) < 4.78 is 176. The van der Waals surface area contributed by atoms with Crippen LogP contribution in [0.5, 0.6) is 0 Å². The number of ether oxygens (including phenoxy) is 7. The van der Waals surface area contributed by atoms with E-state index in [0.717, 1.165) is 127 Å². The number of rotatable bonds is 55. The summed E-state index contributed by atoms with van der Waals surface area (Å²) in [6, 6.07) is 0. The lowest BCUT2D eigenvalue weighted by Crippen LogP contribution is -2.61. The van der Waals surface area contributed by atoms with E-state index in [2.05, 4.69) is 31.1 Å². The Kier molecular flexibility index (Phi) is 39.6. The van der Waals surface area contributed by atoms with Crippen LogP contribution < -0.4 is 17.1 Å². The maximum atomic E-state index is 15.2. The van der Waals surface area contributed by atoms with Crippen LogP contribution in [0, 0.1) is 10.8 Å². The Balaban J connectivity index is 2.71. The minimum Gasteiger partial charge on any atom is -0.466 e. The minimum absolute atomic E-state index is 0.0237. The van der Waals surface area contributed by atoms with Crippen molar-refractivity contribution >= 4 is 59.3 Å². The van der Waals surface area contributed by atoms with Gasteiger partial charge in [-0.15, -0.1) is 0 Å². The normalized spacial score (nSPS) is 12.4. The van der Waals surface area contributed by atoms with Crippen molar-refractivity contribution in [1.82, 2.24) is 13.7 Å². The fourth-order valence-electron chi connectivity index (χ4n) is 8.66. The molecule has 0 saturated carbocycles. The van der Waals surface area contributed by atoms with Crippen molar-refractivity contribution in [3.8, 4) is 0 Å². The van der Waals surface area contributed by atoms with Gasteiger partial charge in [0.25, 0.3) is 0 Å². The molecule has 0 fully saturated rings. The second-order valence-corrected chi connectivity index (χ2v) is 25.4. The van der Waals surface area contributed by atoms with Crippen molar-refractivity contribution in [2.24, 2.45) is 10.8 Å². The third-order valence-electron chi connectivity index (χ3n) is 14.1. The molecule has 0 aliphatic rings. The van der Waals surface area contributed by atoms with Gasteiger partial charge in [-0.05, 0) is 61.5 Å². The number of alkyl halides is 10. The van der Waals surface area contributed by atoms with Gasteiger partial charge in [0.2, 0.25) is 0 Å². The molecule has 1 heterocycles. The van der Waals surface area contributed by atoms with Crippen LogP contribution in [-0.4, -0.2) is 142 Å². The molecule has 1 aromatic heterocycles. The number of unbranched alkanes of at least 4 members (excludes halogenated alkanes) is 16. The van der Waals surface area contributed by atoms with Gasteiger partial charge in [0.1, 0.15) is 33.0 Å². The fraction of sp³-hybridized carbons (Fsp3) is 0.726. The first kappa shape index (κ1) is 85.2. The number of carbonyl (C=O) groups excluding carboxylic acids is 6. The Hall–Kier alpha value is -5.85. The maximum Gasteiger partial charge on any atom is 0.430 e. The van der Waals surface area contributed by atoms with Crippen molar-refractivity contribution in [3.63, 3.8) is 0 Å². The predicted octanol–water partition coefficient (Wildman–Crippen LogP) is 12.4. The molecule has 532 valence electrons. The lowest BCUT2D eigenvalue weighted by molar-refractivity contribution is -0.485. The zero-order valence-corrected chi connectivity index (χ0v) is 55.0. The second-order valence-electron chi connectivity index (χ2n) is 23.0. The molecule has 0 saturated heterocycles. The molecule has 0 radical (unpaired) electrons. The number of halogens is 10. The summed E-state index contributed by atoms with van der Waals surface area (Å²) in [7, 11) is 0.